The number of carbonyl (C=O) groups is 1. The first-order valence-corrected chi connectivity index (χ1v) is 6.89. The number of benzene rings is 1. The van der Waals surface area contributed by atoms with Crippen LogP contribution in [0.3, 0.4) is 0 Å². The molecule has 21 heavy (non-hydrogen) atoms. The molecule has 1 unspecified atom stereocenters. The summed E-state index contributed by atoms with van der Waals surface area (Å²) in [5.41, 5.74) is 7.77. The van der Waals surface area contributed by atoms with Crippen molar-refractivity contribution < 1.29 is 14.3 Å². The number of anilines is 2. The van der Waals surface area contributed by atoms with E-state index in [9.17, 15) is 4.79 Å². The third kappa shape index (κ3) is 3.78. The summed E-state index contributed by atoms with van der Waals surface area (Å²) < 4.78 is 5.30. The van der Waals surface area contributed by atoms with Crippen LogP contribution in [0.1, 0.15) is 35.0 Å². The Morgan fingerprint density at radius 2 is 2.24 bits per heavy atom. The van der Waals surface area contributed by atoms with Gasteiger partial charge in [-0.2, -0.15) is 0 Å². The molecular weight excluding hydrogens is 268 g/mol. The molecule has 0 aliphatic rings. The predicted octanol–water partition coefficient (Wildman–Crippen LogP) is 3.30. The quantitative estimate of drug-likeness (QED) is 0.710. The van der Waals surface area contributed by atoms with Crippen molar-refractivity contribution in [2.75, 3.05) is 11.1 Å². The number of aryl methyl sites for hydroxylation is 2. The van der Waals surface area contributed by atoms with Crippen LogP contribution >= 0.6 is 0 Å². The molecule has 0 aliphatic carbocycles. The number of carboxylic acids is 1. The lowest BCUT2D eigenvalue weighted by molar-refractivity contribution is 0.0698. The van der Waals surface area contributed by atoms with Crippen molar-refractivity contribution in [2.24, 2.45) is 0 Å². The van der Waals surface area contributed by atoms with E-state index in [4.69, 9.17) is 15.3 Å². The first kappa shape index (κ1) is 15.0. The number of rotatable bonds is 6. The van der Waals surface area contributed by atoms with Gasteiger partial charge in [0.2, 0.25) is 0 Å². The molecule has 0 spiro atoms. The number of nitrogens with two attached hydrogens (primary N) is 1. The van der Waals surface area contributed by atoms with E-state index in [1.807, 2.05) is 18.2 Å². The van der Waals surface area contributed by atoms with E-state index >= 15 is 0 Å². The number of hydrogen-bond donors (Lipinski definition) is 3. The van der Waals surface area contributed by atoms with Crippen LogP contribution in [-0.2, 0) is 6.42 Å². The lowest BCUT2D eigenvalue weighted by Gasteiger charge is -2.17. The Labute approximate surface area is 123 Å². The van der Waals surface area contributed by atoms with Gasteiger partial charge in [-0.1, -0.05) is 0 Å². The molecule has 0 bridgehead atoms. The summed E-state index contributed by atoms with van der Waals surface area (Å²) in [5, 5.41) is 12.5. The van der Waals surface area contributed by atoms with Gasteiger partial charge in [0.25, 0.3) is 0 Å². The average molecular weight is 288 g/mol. The van der Waals surface area contributed by atoms with Crippen molar-refractivity contribution >= 4 is 17.3 Å². The topological polar surface area (TPSA) is 88.5 Å². The number of hydrogen-bond acceptors (Lipinski definition) is 4. The molecule has 1 heterocycles. The second-order valence-corrected chi connectivity index (χ2v) is 5.22. The Balaban J connectivity index is 2.03. The monoisotopic (exact) mass is 288 g/mol. The van der Waals surface area contributed by atoms with E-state index in [-0.39, 0.29) is 11.6 Å². The van der Waals surface area contributed by atoms with Crippen LogP contribution in [0.2, 0.25) is 0 Å². The molecule has 112 valence electrons. The molecule has 4 N–H and O–H groups in total. The van der Waals surface area contributed by atoms with Gasteiger partial charge in [0.05, 0.1) is 11.8 Å². The first-order valence-electron chi connectivity index (χ1n) is 6.89. The van der Waals surface area contributed by atoms with Crippen molar-refractivity contribution in [3.8, 4) is 0 Å². The van der Waals surface area contributed by atoms with Gasteiger partial charge in [0.15, 0.2) is 0 Å². The Kier molecular flexibility index (Phi) is 4.52. The largest absolute Gasteiger partial charge is 0.478 e. The smallest absolute Gasteiger partial charge is 0.337 e. The van der Waals surface area contributed by atoms with Gasteiger partial charge in [0, 0.05) is 23.8 Å². The van der Waals surface area contributed by atoms with E-state index in [0.717, 1.165) is 29.9 Å². The van der Waals surface area contributed by atoms with Crippen molar-refractivity contribution in [3.05, 3.63) is 47.4 Å². The molecule has 5 heteroatoms. The van der Waals surface area contributed by atoms with Crippen LogP contribution < -0.4 is 11.1 Å². The van der Waals surface area contributed by atoms with Crippen molar-refractivity contribution in [2.45, 2.75) is 32.7 Å². The fraction of sp³-hybridized carbons (Fsp3) is 0.312. The summed E-state index contributed by atoms with van der Waals surface area (Å²) in [6.45, 7) is 3.86. The number of nitrogen functional groups attached to an aromatic ring is 1. The molecule has 0 aliphatic heterocycles. The lowest BCUT2D eigenvalue weighted by Crippen LogP contribution is -2.17. The summed E-state index contributed by atoms with van der Waals surface area (Å²) in [5.74, 6) is -0.0640. The normalized spacial score (nSPS) is 12.1. The highest BCUT2D eigenvalue weighted by molar-refractivity contribution is 5.95. The number of nitrogens with one attached hydrogen (secondary N) is 1. The van der Waals surface area contributed by atoms with Crippen LogP contribution in [0, 0.1) is 6.92 Å². The van der Waals surface area contributed by atoms with Crippen LogP contribution in [0.5, 0.6) is 0 Å². The van der Waals surface area contributed by atoms with Crippen LogP contribution in [0.25, 0.3) is 0 Å². The Bertz CT molecular complexity index is 621. The summed E-state index contributed by atoms with van der Waals surface area (Å²) >= 11 is 0. The lowest BCUT2D eigenvalue weighted by atomic mass is 10.1. The van der Waals surface area contributed by atoms with Gasteiger partial charge < -0.3 is 20.6 Å². The van der Waals surface area contributed by atoms with Crippen LogP contribution in [0.15, 0.2) is 34.9 Å². The number of aromatic carboxylic acids is 1. The van der Waals surface area contributed by atoms with Gasteiger partial charge in [-0.05, 0) is 50.1 Å². The van der Waals surface area contributed by atoms with Gasteiger partial charge in [-0.25, -0.2) is 4.79 Å². The third-order valence-electron chi connectivity index (χ3n) is 3.43. The molecule has 1 aromatic carbocycles. The van der Waals surface area contributed by atoms with Gasteiger partial charge in [0.1, 0.15) is 5.76 Å². The summed E-state index contributed by atoms with van der Waals surface area (Å²) in [7, 11) is 0. The number of carboxylic acid groups (broad SMARTS) is 1. The molecule has 0 radical (unpaired) electrons. The predicted molar refractivity (Wildman–Crippen MR) is 82.7 cm³/mol. The molecule has 2 aromatic rings. The maximum absolute atomic E-state index is 11.2. The molecule has 2 rings (SSSR count). The second kappa shape index (κ2) is 6.35. The molecule has 0 saturated carbocycles. The minimum atomic E-state index is -1.01. The molecule has 0 saturated heterocycles. The average Bonchev–Trinajstić information content (AvgIpc) is 2.93. The zero-order valence-corrected chi connectivity index (χ0v) is 12.2. The fourth-order valence-electron chi connectivity index (χ4n) is 2.23. The van der Waals surface area contributed by atoms with Gasteiger partial charge in [-0.3, -0.25) is 0 Å². The summed E-state index contributed by atoms with van der Waals surface area (Å²) in [4.78, 5) is 11.2. The Hall–Kier alpha value is -2.43. The molecule has 0 amide bonds. The van der Waals surface area contributed by atoms with Crippen molar-refractivity contribution in [1.82, 2.24) is 0 Å². The first-order chi connectivity index (χ1) is 9.97. The fourth-order valence-corrected chi connectivity index (χ4v) is 2.23. The third-order valence-corrected chi connectivity index (χ3v) is 3.43. The zero-order chi connectivity index (χ0) is 15.4. The van der Waals surface area contributed by atoms with Crippen LogP contribution in [0.4, 0.5) is 11.4 Å². The highest BCUT2D eigenvalue weighted by atomic mass is 16.4. The molecule has 5 nitrogen and oxygen atoms in total. The SMILES string of the molecule is Cc1cc(NC(C)CCc2ccco2)cc(C(=O)O)c1N. The van der Waals surface area contributed by atoms with Crippen molar-refractivity contribution in [1.29, 1.82) is 0 Å². The Morgan fingerprint density at radius 3 is 2.86 bits per heavy atom. The molecule has 1 atom stereocenters. The zero-order valence-electron chi connectivity index (χ0n) is 12.2. The number of furan rings is 1. The standard InChI is InChI=1S/C16H20N2O3/c1-10-8-12(9-14(15(10)17)16(19)20)18-11(2)5-6-13-4-3-7-21-13/h3-4,7-9,11,18H,5-6,17H2,1-2H3,(H,19,20). The maximum Gasteiger partial charge on any atom is 0.337 e. The van der Waals surface area contributed by atoms with Crippen LogP contribution in [-0.4, -0.2) is 17.1 Å². The van der Waals surface area contributed by atoms with E-state index in [1.165, 1.54) is 0 Å². The summed E-state index contributed by atoms with van der Waals surface area (Å²) in [6.07, 6.45) is 3.39. The van der Waals surface area contributed by atoms with E-state index < -0.39 is 5.97 Å². The minimum absolute atomic E-state index is 0.135. The maximum atomic E-state index is 11.2. The molecule has 0 fully saturated rings. The van der Waals surface area contributed by atoms with E-state index in [1.54, 1.807) is 19.3 Å². The minimum Gasteiger partial charge on any atom is -0.478 e. The van der Waals surface area contributed by atoms with E-state index in [0.29, 0.717) is 5.69 Å². The Morgan fingerprint density at radius 1 is 1.48 bits per heavy atom. The molecule has 1 aromatic heterocycles. The van der Waals surface area contributed by atoms with E-state index in [2.05, 4.69) is 12.2 Å². The second-order valence-electron chi connectivity index (χ2n) is 5.22. The highest BCUT2D eigenvalue weighted by Gasteiger charge is 2.13. The highest BCUT2D eigenvalue weighted by Crippen LogP contribution is 2.23. The van der Waals surface area contributed by atoms with Gasteiger partial charge >= 0.3 is 5.97 Å². The van der Waals surface area contributed by atoms with Crippen molar-refractivity contribution in [3.63, 3.8) is 0 Å². The molecular formula is C16H20N2O3. The summed E-state index contributed by atoms with van der Waals surface area (Å²) in [6, 6.07) is 7.46. The van der Waals surface area contributed by atoms with Gasteiger partial charge in [-0.15, -0.1) is 0 Å².